The molecule has 174 valence electrons. The van der Waals surface area contributed by atoms with E-state index in [4.69, 9.17) is 0 Å². The summed E-state index contributed by atoms with van der Waals surface area (Å²) >= 11 is 0. The monoisotopic (exact) mass is 461 g/mol. The lowest BCUT2D eigenvalue weighted by Crippen LogP contribution is -2.34. The lowest BCUT2D eigenvalue weighted by atomic mass is 10.1. The third kappa shape index (κ3) is 5.48. The number of halogens is 1. The smallest absolute Gasteiger partial charge is 0.253 e. The number of hydrogen-bond donors (Lipinski definition) is 1. The van der Waals surface area contributed by atoms with E-state index < -0.39 is 10.0 Å². The number of nitrogens with one attached hydrogen (secondary N) is 1. The number of sulfonamides is 1. The normalized spacial score (nSPS) is 14.6. The number of benzene rings is 2. The van der Waals surface area contributed by atoms with Gasteiger partial charge in [0.2, 0.25) is 10.0 Å². The summed E-state index contributed by atoms with van der Waals surface area (Å²) in [6.45, 7) is 6.22. The van der Waals surface area contributed by atoms with Gasteiger partial charge in [0.1, 0.15) is 5.82 Å². The predicted molar refractivity (Wildman–Crippen MR) is 125 cm³/mol. The number of amides is 1. The molecule has 0 bridgehead atoms. The number of nitrogens with zero attached hydrogens (tertiary/aromatic N) is 2. The van der Waals surface area contributed by atoms with Crippen LogP contribution in [0, 0.1) is 5.82 Å². The van der Waals surface area contributed by atoms with Gasteiger partial charge >= 0.3 is 0 Å². The van der Waals surface area contributed by atoms with Gasteiger partial charge in [0.05, 0.1) is 10.5 Å². The van der Waals surface area contributed by atoms with Crippen molar-refractivity contribution in [2.24, 2.45) is 0 Å². The molecular formula is C24H32FN3O3S. The van der Waals surface area contributed by atoms with E-state index in [0.29, 0.717) is 30.6 Å². The first-order valence-electron chi connectivity index (χ1n) is 11.3. The minimum Gasteiger partial charge on any atom is -0.371 e. The van der Waals surface area contributed by atoms with Gasteiger partial charge in [-0.3, -0.25) is 4.79 Å². The molecule has 0 saturated carbocycles. The minimum absolute atomic E-state index is 0.112. The summed E-state index contributed by atoms with van der Waals surface area (Å²) in [5.74, 6) is -0.651. The van der Waals surface area contributed by atoms with Crippen LogP contribution in [-0.2, 0) is 16.4 Å². The Hall–Kier alpha value is -2.45. The third-order valence-corrected chi connectivity index (χ3v) is 7.94. The predicted octanol–water partition coefficient (Wildman–Crippen LogP) is 3.82. The summed E-state index contributed by atoms with van der Waals surface area (Å²) in [6, 6.07) is 11.3. The average Bonchev–Trinajstić information content (AvgIpc) is 2.81. The van der Waals surface area contributed by atoms with Crippen LogP contribution in [-0.4, -0.2) is 51.4 Å². The molecule has 1 heterocycles. The number of carbonyl (C=O) groups is 1. The summed E-state index contributed by atoms with van der Waals surface area (Å²) in [4.78, 5) is 15.4. The van der Waals surface area contributed by atoms with Crippen LogP contribution in [0.4, 0.5) is 10.1 Å². The molecule has 0 atom stereocenters. The molecule has 1 aliphatic heterocycles. The molecule has 8 heteroatoms. The van der Waals surface area contributed by atoms with Gasteiger partial charge in [-0.25, -0.2) is 12.8 Å². The summed E-state index contributed by atoms with van der Waals surface area (Å²) in [5.41, 5.74) is 1.61. The molecule has 2 aromatic carbocycles. The third-order valence-electron chi connectivity index (χ3n) is 5.89. The van der Waals surface area contributed by atoms with Crippen molar-refractivity contribution in [3.63, 3.8) is 0 Å². The first-order valence-corrected chi connectivity index (χ1v) is 12.7. The van der Waals surface area contributed by atoms with E-state index in [9.17, 15) is 17.6 Å². The van der Waals surface area contributed by atoms with Crippen LogP contribution in [0.25, 0.3) is 0 Å². The molecular weight excluding hydrogens is 429 g/mol. The highest BCUT2D eigenvalue weighted by atomic mass is 32.2. The van der Waals surface area contributed by atoms with Crippen molar-refractivity contribution in [1.29, 1.82) is 0 Å². The van der Waals surface area contributed by atoms with Gasteiger partial charge in [0.15, 0.2) is 0 Å². The van der Waals surface area contributed by atoms with Gasteiger partial charge in [-0.15, -0.1) is 0 Å². The lowest BCUT2D eigenvalue weighted by Gasteiger charge is -2.31. The topological polar surface area (TPSA) is 69.7 Å². The molecule has 0 unspecified atom stereocenters. The van der Waals surface area contributed by atoms with E-state index in [-0.39, 0.29) is 23.2 Å². The fourth-order valence-corrected chi connectivity index (χ4v) is 5.57. The Bertz CT molecular complexity index is 1030. The number of hydrogen-bond acceptors (Lipinski definition) is 4. The maximum Gasteiger partial charge on any atom is 0.253 e. The summed E-state index contributed by atoms with van der Waals surface area (Å²) in [6.07, 6.45) is 3.58. The summed E-state index contributed by atoms with van der Waals surface area (Å²) in [7, 11) is -3.69. The molecule has 2 aromatic rings. The van der Waals surface area contributed by atoms with E-state index in [1.165, 1.54) is 16.4 Å². The van der Waals surface area contributed by atoms with E-state index in [1.807, 2.05) is 0 Å². The molecule has 3 rings (SSSR count). The number of rotatable bonds is 9. The average molecular weight is 462 g/mol. The summed E-state index contributed by atoms with van der Waals surface area (Å²) in [5, 5.41) is 2.85. The van der Waals surface area contributed by atoms with Crippen LogP contribution in [0.1, 0.15) is 49.0 Å². The fourth-order valence-electron chi connectivity index (χ4n) is 4.09. The Morgan fingerprint density at radius 2 is 1.75 bits per heavy atom. The Morgan fingerprint density at radius 1 is 1.06 bits per heavy atom. The van der Waals surface area contributed by atoms with E-state index in [0.717, 1.165) is 38.0 Å². The molecule has 1 N–H and O–H groups in total. The first kappa shape index (κ1) is 24.2. The van der Waals surface area contributed by atoms with Crippen molar-refractivity contribution >= 4 is 21.6 Å². The van der Waals surface area contributed by atoms with Crippen molar-refractivity contribution < 1.29 is 17.6 Å². The molecule has 1 amide bonds. The number of anilines is 1. The Balaban J connectivity index is 1.87. The van der Waals surface area contributed by atoms with Crippen LogP contribution in [0.2, 0.25) is 0 Å². The van der Waals surface area contributed by atoms with Crippen LogP contribution in [0.3, 0.4) is 0 Å². The van der Waals surface area contributed by atoms with Crippen molar-refractivity contribution in [3.05, 3.63) is 59.4 Å². The number of piperidine rings is 1. The van der Waals surface area contributed by atoms with Gasteiger partial charge in [0, 0.05) is 38.4 Å². The highest BCUT2D eigenvalue weighted by Crippen LogP contribution is 2.28. The van der Waals surface area contributed by atoms with E-state index in [1.54, 1.807) is 44.2 Å². The van der Waals surface area contributed by atoms with Gasteiger partial charge in [-0.2, -0.15) is 4.31 Å². The second-order valence-corrected chi connectivity index (χ2v) is 9.85. The Kier molecular flexibility index (Phi) is 8.26. The highest BCUT2D eigenvalue weighted by Gasteiger charge is 2.26. The molecule has 0 aromatic heterocycles. The zero-order valence-electron chi connectivity index (χ0n) is 18.8. The standard InChI is InChI=1S/C24H32FN3O3S/c1-3-28(4-2)32(30,31)20-12-13-23(27-16-8-5-9-17-27)21(18-20)24(29)26-15-14-19-10-6-7-11-22(19)25/h6-7,10-13,18H,3-5,8-9,14-17H2,1-2H3,(H,26,29). The van der Waals surface area contributed by atoms with Crippen LogP contribution in [0.15, 0.2) is 47.4 Å². The molecule has 0 aliphatic carbocycles. The largest absolute Gasteiger partial charge is 0.371 e. The molecule has 1 saturated heterocycles. The minimum atomic E-state index is -3.69. The SMILES string of the molecule is CCN(CC)S(=O)(=O)c1ccc(N2CCCCC2)c(C(=O)NCCc2ccccc2F)c1. The maximum absolute atomic E-state index is 13.9. The second kappa shape index (κ2) is 10.9. The van der Waals surface area contributed by atoms with Crippen LogP contribution >= 0.6 is 0 Å². The number of carbonyl (C=O) groups excluding carboxylic acids is 1. The van der Waals surface area contributed by atoms with Crippen molar-refractivity contribution in [1.82, 2.24) is 9.62 Å². The second-order valence-electron chi connectivity index (χ2n) is 7.91. The molecule has 0 radical (unpaired) electrons. The van der Waals surface area contributed by atoms with Crippen molar-refractivity contribution in [2.45, 2.75) is 44.4 Å². The van der Waals surface area contributed by atoms with E-state index >= 15 is 0 Å². The fraction of sp³-hybridized carbons (Fsp3) is 0.458. The van der Waals surface area contributed by atoms with Gasteiger partial charge in [0.25, 0.3) is 5.91 Å². The Labute approximate surface area is 190 Å². The molecule has 1 aliphatic rings. The summed E-state index contributed by atoms with van der Waals surface area (Å²) < 4.78 is 41.3. The maximum atomic E-state index is 13.9. The van der Waals surface area contributed by atoms with Crippen LogP contribution in [0.5, 0.6) is 0 Å². The first-order chi connectivity index (χ1) is 15.4. The highest BCUT2D eigenvalue weighted by molar-refractivity contribution is 7.89. The lowest BCUT2D eigenvalue weighted by molar-refractivity contribution is 0.0954. The zero-order chi connectivity index (χ0) is 23.1. The Morgan fingerprint density at radius 3 is 2.41 bits per heavy atom. The molecule has 6 nitrogen and oxygen atoms in total. The van der Waals surface area contributed by atoms with Gasteiger partial charge < -0.3 is 10.2 Å². The molecule has 32 heavy (non-hydrogen) atoms. The molecule has 1 fully saturated rings. The van der Waals surface area contributed by atoms with Crippen molar-refractivity contribution in [3.8, 4) is 0 Å². The molecule has 0 spiro atoms. The van der Waals surface area contributed by atoms with Crippen LogP contribution < -0.4 is 10.2 Å². The van der Waals surface area contributed by atoms with Gasteiger partial charge in [-0.1, -0.05) is 32.0 Å². The van der Waals surface area contributed by atoms with Gasteiger partial charge in [-0.05, 0) is 55.5 Å². The van der Waals surface area contributed by atoms with E-state index in [2.05, 4.69) is 10.2 Å². The van der Waals surface area contributed by atoms with Crippen molar-refractivity contribution in [2.75, 3.05) is 37.6 Å². The zero-order valence-corrected chi connectivity index (χ0v) is 19.6. The quantitative estimate of drug-likeness (QED) is 0.616.